The highest BCUT2D eigenvalue weighted by Gasteiger charge is 2.41. The zero-order chi connectivity index (χ0) is 12.4. The van der Waals surface area contributed by atoms with E-state index in [0.717, 1.165) is 0 Å². The molecule has 15 heavy (non-hydrogen) atoms. The van der Waals surface area contributed by atoms with Crippen LogP contribution in [0.2, 0.25) is 18.1 Å². The molecule has 4 heteroatoms. The van der Waals surface area contributed by atoms with E-state index in [1.807, 2.05) is 13.8 Å². The van der Waals surface area contributed by atoms with Crippen molar-refractivity contribution in [2.45, 2.75) is 58.9 Å². The lowest BCUT2D eigenvalue weighted by molar-refractivity contribution is -0.147. The van der Waals surface area contributed by atoms with Gasteiger partial charge >= 0.3 is 5.97 Å². The lowest BCUT2D eigenvalue weighted by Crippen LogP contribution is -2.47. The Kier molecular flexibility index (Phi) is 4.55. The van der Waals surface area contributed by atoms with Crippen molar-refractivity contribution in [3.63, 3.8) is 0 Å². The first kappa shape index (κ1) is 14.6. The van der Waals surface area contributed by atoms with Crippen molar-refractivity contribution in [1.82, 2.24) is 0 Å². The second-order valence-corrected chi connectivity index (χ2v) is 10.6. The van der Waals surface area contributed by atoms with E-state index in [-0.39, 0.29) is 11.0 Å². The van der Waals surface area contributed by atoms with Gasteiger partial charge in [0.15, 0.2) is 8.32 Å². The Hall–Kier alpha value is -0.353. The van der Waals surface area contributed by atoms with E-state index in [2.05, 4.69) is 33.9 Å². The summed E-state index contributed by atoms with van der Waals surface area (Å²) in [6, 6.07) is 0. The van der Waals surface area contributed by atoms with Crippen molar-refractivity contribution in [2.75, 3.05) is 0 Å². The number of rotatable bonds is 4. The van der Waals surface area contributed by atoms with Crippen molar-refractivity contribution in [2.24, 2.45) is 5.92 Å². The largest absolute Gasteiger partial charge is 0.479 e. The fourth-order valence-electron chi connectivity index (χ4n) is 0.966. The molecule has 0 aromatic rings. The van der Waals surface area contributed by atoms with E-state index in [1.54, 1.807) is 0 Å². The summed E-state index contributed by atoms with van der Waals surface area (Å²) in [7, 11) is -1.97. The molecule has 0 aliphatic heterocycles. The predicted octanol–water partition coefficient (Wildman–Crippen LogP) is 3.12. The average molecular weight is 232 g/mol. The van der Waals surface area contributed by atoms with Crippen LogP contribution < -0.4 is 0 Å². The predicted molar refractivity (Wildman–Crippen MR) is 64.5 cm³/mol. The summed E-state index contributed by atoms with van der Waals surface area (Å²) in [6.45, 7) is 14.2. The minimum Gasteiger partial charge on any atom is -0.479 e. The van der Waals surface area contributed by atoms with Crippen LogP contribution in [-0.4, -0.2) is 25.5 Å². The monoisotopic (exact) mass is 232 g/mol. The molecule has 0 bridgehead atoms. The maximum Gasteiger partial charge on any atom is 0.331 e. The average Bonchev–Trinajstić information content (AvgIpc) is 1.96. The van der Waals surface area contributed by atoms with Gasteiger partial charge in [-0.05, 0) is 24.1 Å². The summed E-state index contributed by atoms with van der Waals surface area (Å²) in [6.07, 6.45) is -0.675. The molecule has 0 saturated carbocycles. The van der Waals surface area contributed by atoms with Gasteiger partial charge in [-0.2, -0.15) is 0 Å². The number of hydrogen-bond acceptors (Lipinski definition) is 2. The van der Waals surface area contributed by atoms with Crippen molar-refractivity contribution in [3.8, 4) is 0 Å². The SMILES string of the molecule is CC(C)[C@@H](O[Si](C)(C)C(C)(C)C)C(=O)O. The van der Waals surface area contributed by atoms with Crippen molar-refractivity contribution >= 4 is 14.3 Å². The van der Waals surface area contributed by atoms with Gasteiger partial charge in [-0.1, -0.05) is 34.6 Å². The van der Waals surface area contributed by atoms with Crippen LogP contribution in [-0.2, 0) is 9.22 Å². The Balaban J connectivity index is 4.75. The Bertz CT molecular complexity index is 228. The van der Waals surface area contributed by atoms with E-state index in [0.29, 0.717) is 0 Å². The maximum atomic E-state index is 11.0. The Labute approximate surface area is 94.0 Å². The van der Waals surface area contributed by atoms with Gasteiger partial charge in [0, 0.05) is 0 Å². The zero-order valence-corrected chi connectivity index (χ0v) is 11.9. The molecule has 0 amide bonds. The van der Waals surface area contributed by atoms with Crippen LogP contribution in [0.15, 0.2) is 0 Å². The van der Waals surface area contributed by atoms with Gasteiger partial charge in [-0.15, -0.1) is 0 Å². The minimum absolute atomic E-state index is 0.0108. The first-order chi connectivity index (χ1) is 6.49. The summed E-state index contributed by atoms with van der Waals surface area (Å²) in [4.78, 5) is 11.0. The summed E-state index contributed by atoms with van der Waals surface area (Å²) in [5.41, 5.74) is 0. The molecule has 0 aromatic carbocycles. The third kappa shape index (κ3) is 3.95. The maximum absolute atomic E-state index is 11.0. The first-order valence-corrected chi connectivity index (χ1v) is 8.30. The van der Waals surface area contributed by atoms with E-state index < -0.39 is 20.4 Å². The molecule has 3 nitrogen and oxygen atoms in total. The highest BCUT2D eigenvalue weighted by Crippen LogP contribution is 2.38. The quantitative estimate of drug-likeness (QED) is 0.758. The molecule has 0 aromatic heterocycles. The van der Waals surface area contributed by atoms with E-state index in [1.165, 1.54) is 0 Å². The van der Waals surface area contributed by atoms with Crippen LogP contribution in [0, 0.1) is 5.92 Å². The molecule has 0 spiro atoms. The third-order valence-corrected chi connectivity index (χ3v) is 7.53. The number of carboxylic acid groups (broad SMARTS) is 1. The molecule has 0 saturated heterocycles. The standard InChI is InChI=1S/C11H24O3Si/c1-8(2)9(10(12)13)14-15(6,7)11(3,4)5/h8-9H,1-7H3,(H,12,13)/t9-/m1/s1. The van der Waals surface area contributed by atoms with Crippen LogP contribution in [0.1, 0.15) is 34.6 Å². The smallest absolute Gasteiger partial charge is 0.331 e. The normalized spacial score (nSPS) is 15.5. The number of hydrogen-bond donors (Lipinski definition) is 1. The van der Waals surface area contributed by atoms with Gasteiger partial charge in [0.25, 0.3) is 0 Å². The lowest BCUT2D eigenvalue weighted by atomic mass is 10.1. The van der Waals surface area contributed by atoms with Crippen LogP contribution in [0.5, 0.6) is 0 Å². The summed E-state index contributed by atoms with van der Waals surface area (Å²) < 4.78 is 5.86. The second kappa shape index (κ2) is 4.66. The zero-order valence-electron chi connectivity index (χ0n) is 10.9. The van der Waals surface area contributed by atoms with Crippen LogP contribution in [0.3, 0.4) is 0 Å². The Morgan fingerprint density at radius 1 is 1.27 bits per heavy atom. The van der Waals surface area contributed by atoms with Gasteiger partial charge in [0.05, 0.1) is 0 Å². The molecule has 0 heterocycles. The molecule has 0 fully saturated rings. The van der Waals surface area contributed by atoms with Gasteiger partial charge in [0.1, 0.15) is 6.10 Å². The molecule has 90 valence electrons. The fraction of sp³-hybridized carbons (Fsp3) is 0.909. The van der Waals surface area contributed by atoms with Crippen molar-refractivity contribution in [1.29, 1.82) is 0 Å². The van der Waals surface area contributed by atoms with Gasteiger partial charge < -0.3 is 9.53 Å². The van der Waals surface area contributed by atoms with Crippen molar-refractivity contribution in [3.05, 3.63) is 0 Å². The number of carboxylic acids is 1. The van der Waals surface area contributed by atoms with Crippen LogP contribution in [0.4, 0.5) is 0 Å². The number of aliphatic carboxylic acids is 1. The molecular formula is C11H24O3Si. The molecule has 0 unspecified atom stereocenters. The summed E-state index contributed by atoms with van der Waals surface area (Å²) >= 11 is 0. The van der Waals surface area contributed by atoms with E-state index in [9.17, 15) is 4.79 Å². The molecule has 1 atom stereocenters. The van der Waals surface area contributed by atoms with E-state index >= 15 is 0 Å². The lowest BCUT2D eigenvalue weighted by Gasteiger charge is -2.39. The molecule has 0 radical (unpaired) electrons. The van der Waals surface area contributed by atoms with Crippen LogP contribution in [0.25, 0.3) is 0 Å². The van der Waals surface area contributed by atoms with Gasteiger partial charge in [-0.25, -0.2) is 4.79 Å². The number of carbonyl (C=O) groups is 1. The molecular weight excluding hydrogens is 208 g/mol. The molecule has 0 aliphatic carbocycles. The highest BCUT2D eigenvalue weighted by atomic mass is 28.4. The van der Waals surface area contributed by atoms with E-state index in [4.69, 9.17) is 9.53 Å². The summed E-state index contributed by atoms with van der Waals surface area (Å²) in [5.74, 6) is -0.841. The summed E-state index contributed by atoms with van der Waals surface area (Å²) in [5, 5.41) is 9.12. The molecule has 1 N–H and O–H groups in total. The topological polar surface area (TPSA) is 46.5 Å². The van der Waals surface area contributed by atoms with Crippen LogP contribution >= 0.6 is 0 Å². The third-order valence-electron chi connectivity index (χ3n) is 3.08. The first-order valence-electron chi connectivity index (χ1n) is 5.39. The molecule has 0 rings (SSSR count). The minimum atomic E-state index is -1.97. The van der Waals surface area contributed by atoms with Gasteiger partial charge in [0.2, 0.25) is 0 Å². The Morgan fingerprint density at radius 3 is 1.87 bits per heavy atom. The van der Waals surface area contributed by atoms with Gasteiger partial charge in [-0.3, -0.25) is 0 Å². The second-order valence-electron chi connectivity index (χ2n) is 5.88. The fourth-order valence-corrected chi connectivity index (χ4v) is 2.33. The van der Waals surface area contributed by atoms with Crippen molar-refractivity contribution < 1.29 is 14.3 Å². The molecule has 0 aliphatic rings. The Morgan fingerprint density at radius 2 is 1.67 bits per heavy atom. The highest BCUT2D eigenvalue weighted by molar-refractivity contribution is 6.74.